The van der Waals surface area contributed by atoms with E-state index in [2.05, 4.69) is 30.4 Å². The van der Waals surface area contributed by atoms with E-state index in [0.717, 1.165) is 12.3 Å². The van der Waals surface area contributed by atoms with Gasteiger partial charge in [0, 0.05) is 6.04 Å². The van der Waals surface area contributed by atoms with Crippen molar-refractivity contribution in [2.75, 3.05) is 19.8 Å². The second-order valence-corrected chi connectivity index (χ2v) is 6.03. The fraction of sp³-hybridized carbons (Fsp3) is 0.667. The lowest BCUT2D eigenvalue weighted by atomic mass is 9.87. The number of hydrogen-bond acceptors (Lipinski definition) is 3. The predicted octanol–water partition coefficient (Wildman–Crippen LogP) is 3.87. The maximum absolute atomic E-state index is 5.79. The normalized spacial score (nSPS) is 17.8. The van der Waals surface area contributed by atoms with Crippen molar-refractivity contribution in [3.8, 4) is 5.75 Å². The summed E-state index contributed by atoms with van der Waals surface area (Å²) < 4.78 is 11.3. The van der Waals surface area contributed by atoms with Gasteiger partial charge in [-0.1, -0.05) is 13.0 Å². The van der Waals surface area contributed by atoms with Crippen LogP contribution in [0.15, 0.2) is 18.2 Å². The Labute approximate surface area is 129 Å². The van der Waals surface area contributed by atoms with Crippen LogP contribution in [-0.4, -0.2) is 25.9 Å². The summed E-state index contributed by atoms with van der Waals surface area (Å²) in [5.41, 5.74) is 2.90. The van der Waals surface area contributed by atoms with Crippen LogP contribution < -0.4 is 10.1 Å². The molecule has 0 bridgehead atoms. The average Bonchev–Trinajstić information content (AvgIpc) is 2.49. The van der Waals surface area contributed by atoms with Gasteiger partial charge in [-0.15, -0.1) is 0 Å². The largest absolute Gasteiger partial charge is 0.491 e. The van der Waals surface area contributed by atoms with Gasteiger partial charge >= 0.3 is 0 Å². The lowest BCUT2D eigenvalue weighted by molar-refractivity contribution is 0.0552. The maximum atomic E-state index is 5.79. The highest BCUT2D eigenvalue weighted by Gasteiger charge is 2.19. The number of rotatable bonds is 8. The highest BCUT2D eigenvalue weighted by molar-refractivity contribution is 5.39. The Balaban J connectivity index is 1.92. The van der Waals surface area contributed by atoms with E-state index >= 15 is 0 Å². The summed E-state index contributed by atoms with van der Waals surface area (Å²) in [5.74, 6) is 0.970. The highest BCUT2D eigenvalue weighted by atomic mass is 16.5. The molecule has 0 radical (unpaired) electrons. The summed E-state index contributed by atoms with van der Waals surface area (Å²) in [6, 6.07) is 7.07. The molecule has 3 heteroatoms. The van der Waals surface area contributed by atoms with E-state index in [1.54, 1.807) is 0 Å². The molecule has 0 saturated heterocycles. The molecule has 1 aliphatic rings. The first-order chi connectivity index (χ1) is 10.2. The van der Waals surface area contributed by atoms with Crippen LogP contribution in [0.3, 0.4) is 0 Å². The van der Waals surface area contributed by atoms with E-state index < -0.39 is 0 Å². The molecule has 1 unspecified atom stereocenters. The van der Waals surface area contributed by atoms with Crippen molar-refractivity contribution in [1.82, 2.24) is 5.32 Å². The molecular weight excluding hydrogens is 262 g/mol. The van der Waals surface area contributed by atoms with Crippen LogP contribution in [0.5, 0.6) is 5.75 Å². The zero-order valence-corrected chi connectivity index (χ0v) is 13.7. The lowest BCUT2D eigenvalue weighted by Crippen LogP contribution is -2.25. The first-order valence-electron chi connectivity index (χ1n) is 8.31. The van der Waals surface area contributed by atoms with Crippen LogP contribution in [0.2, 0.25) is 0 Å². The Morgan fingerprint density at radius 2 is 2.14 bits per heavy atom. The van der Waals surface area contributed by atoms with E-state index in [4.69, 9.17) is 9.47 Å². The second kappa shape index (κ2) is 8.40. The molecule has 0 saturated carbocycles. The summed E-state index contributed by atoms with van der Waals surface area (Å²) in [6.45, 7) is 8.66. The monoisotopic (exact) mass is 291 g/mol. The average molecular weight is 291 g/mol. The molecule has 0 fully saturated rings. The van der Waals surface area contributed by atoms with Crippen molar-refractivity contribution in [2.45, 2.75) is 58.6 Å². The van der Waals surface area contributed by atoms with Crippen molar-refractivity contribution in [2.24, 2.45) is 0 Å². The summed E-state index contributed by atoms with van der Waals surface area (Å²) in [4.78, 5) is 0. The topological polar surface area (TPSA) is 30.5 Å². The predicted molar refractivity (Wildman–Crippen MR) is 87.0 cm³/mol. The van der Waals surface area contributed by atoms with Crippen molar-refractivity contribution in [1.29, 1.82) is 0 Å². The number of ether oxygens (including phenoxy) is 2. The van der Waals surface area contributed by atoms with Crippen LogP contribution >= 0.6 is 0 Å². The third-order valence-electron chi connectivity index (χ3n) is 3.87. The summed E-state index contributed by atoms with van der Waals surface area (Å²) >= 11 is 0. The molecular formula is C18H29NO2. The van der Waals surface area contributed by atoms with Gasteiger partial charge in [-0.3, -0.25) is 0 Å². The zero-order valence-electron chi connectivity index (χ0n) is 13.7. The summed E-state index contributed by atoms with van der Waals surface area (Å²) in [7, 11) is 0. The first kappa shape index (κ1) is 16.3. The van der Waals surface area contributed by atoms with Gasteiger partial charge < -0.3 is 14.8 Å². The molecule has 0 heterocycles. The smallest absolute Gasteiger partial charge is 0.119 e. The molecule has 3 nitrogen and oxygen atoms in total. The number of fused-ring (bicyclic) bond motifs is 1. The Bertz CT molecular complexity index is 431. The third kappa shape index (κ3) is 5.01. The summed E-state index contributed by atoms with van der Waals surface area (Å²) in [5, 5.41) is 3.65. The van der Waals surface area contributed by atoms with Crippen molar-refractivity contribution in [3.05, 3.63) is 29.3 Å². The molecule has 118 valence electrons. The molecule has 0 amide bonds. The van der Waals surface area contributed by atoms with Crippen LogP contribution in [0.4, 0.5) is 0 Å². The second-order valence-electron chi connectivity index (χ2n) is 6.03. The molecule has 0 spiro atoms. The Hall–Kier alpha value is -1.06. The molecule has 1 N–H and O–H groups in total. The quantitative estimate of drug-likeness (QED) is 0.738. The van der Waals surface area contributed by atoms with Crippen LogP contribution in [0, 0.1) is 0 Å². The van der Waals surface area contributed by atoms with Crippen LogP contribution in [0.1, 0.15) is 57.2 Å². The molecule has 1 aromatic rings. The van der Waals surface area contributed by atoms with Gasteiger partial charge in [0.15, 0.2) is 0 Å². The Morgan fingerprint density at radius 3 is 2.90 bits per heavy atom. The van der Waals surface area contributed by atoms with Gasteiger partial charge in [0.1, 0.15) is 12.4 Å². The SMILES string of the molecule is CCCNC1CCCc2cc(OCCOC(C)C)ccc21. The minimum atomic E-state index is 0.266. The van der Waals surface area contributed by atoms with Crippen LogP contribution in [-0.2, 0) is 11.2 Å². The van der Waals surface area contributed by atoms with Crippen molar-refractivity contribution < 1.29 is 9.47 Å². The van der Waals surface area contributed by atoms with Gasteiger partial charge in [0.05, 0.1) is 12.7 Å². The fourth-order valence-corrected chi connectivity index (χ4v) is 2.85. The Morgan fingerprint density at radius 1 is 1.29 bits per heavy atom. The number of nitrogens with one attached hydrogen (secondary N) is 1. The van der Waals surface area contributed by atoms with Gasteiger partial charge in [-0.05, 0) is 69.3 Å². The molecule has 1 aromatic carbocycles. The van der Waals surface area contributed by atoms with E-state index in [1.807, 2.05) is 13.8 Å². The number of aryl methyl sites for hydroxylation is 1. The summed E-state index contributed by atoms with van der Waals surface area (Å²) in [6.07, 6.45) is 5.12. The molecule has 2 rings (SSSR count). The fourth-order valence-electron chi connectivity index (χ4n) is 2.85. The molecule has 0 aromatic heterocycles. The highest BCUT2D eigenvalue weighted by Crippen LogP contribution is 2.32. The first-order valence-corrected chi connectivity index (χ1v) is 8.31. The van der Waals surface area contributed by atoms with E-state index in [9.17, 15) is 0 Å². The van der Waals surface area contributed by atoms with Gasteiger partial charge in [-0.2, -0.15) is 0 Å². The van der Waals surface area contributed by atoms with Gasteiger partial charge in [0.2, 0.25) is 0 Å². The molecule has 0 aliphatic heterocycles. The van der Waals surface area contributed by atoms with Crippen molar-refractivity contribution >= 4 is 0 Å². The van der Waals surface area contributed by atoms with Crippen molar-refractivity contribution in [3.63, 3.8) is 0 Å². The molecule has 1 atom stereocenters. The van der Waals surface area contributed by atoms with Crippen LogP contribution in [0.25, 0.3) is 0 Å². The molecule has 21 heavy (non-hydrogen) atoms. The minimum Gasteiger partial charge on any atom is -0.491 e. The lowest BCUT2D eigenvalue weighted by Gasteiger charge is -2.27. The Kier molecular flexibility index (Phi) is 6.52. The van der Waals surface area contributed by atoms with Gasteiger partial charge in [-0.25, -0.2) is 0 Å². The standard InChI is InChI=1S/C18H29NO2/c1-4-10-19-18-7-5-6-15-13-16(8-9-17(15)18)21-12-11-20-14(2)3/h8-9,13-14,18-19H,4-7,10-12H2,1-3H3. The number of benzene rings is 1. The van der Waals surface area contributed by atoms with E-state index in [-0.39, 0.29) is 6.10 Å². The third-order valence-corrected chi connectivity index (χ3v) is 3.87. The zero-order chi connectivity index (χ0) is 15.1. The van der Waals surface area contributed by atoms with Gasteiger partial charge in [0.25, 0.3) is 0 Å². The van der Waals surface area contributed by atoms with E-state index in [1.165, 1.54) is 36.8 Å². The molecule has 1 aliphatic carbocycles. The maximum Gasteiger partial charge on any atom is 0.119 e. The van der Waals surface area contributed by atoms with E-state index in [0.29, 0.717) is 19.3 Å². The number of hydrogen-bond donors (Lipinski definition) is 1. The minimum absolute atomic E-state index is 0.266.